The summed E-state index contributed by atoms with van der Waals surface area (Å²) in [7, 11) is 0. The Morgan fingerprint density at radius 2 is 1.87 bits per heavy atom. The van der Waals surface area contributed by atoms with E-state index < -0.39 is 35.1 Å². The number of rotatable bonds is 4. The molecule has 0 spiro atoms. The molecule has 3 aliphatic carbocycles. The summed E-state index contributed by atoms with van der Waals surface area (Å²) in [4.78, 5) is 24.2. The Morgan fingerprint density at radius 1 is 1.19 bits per heavy atom. The molecule has 0 aromatic rings. The van der Waals surface area contributed by atoms with Gasteiger partial charge in [-0.15, -0.1) is 6.58 Å². The molecule has 9 atom stereocenters. The lowest BCUT2D eigenvalue weighted by molar-refractivity contribution is -0.196. The molecule has 0 saturated heterocycles. The third kappa shape index (κ3) is 4.02. The van der Waals surface area contributed by atoms with Crippen LogP contribution in [0.2, 0.25) is 0 Å². The van der Waals surface area contributed by atoms with Gasteiger partial charge in [-0.3, -0.25) is 9.59 Å². The van der Waals surface area contributed by atoms with E-state index in [9.17, 15) is 19.8 Å². The molecule has 0 heterocycles. The van der Waals surface area contributed by atoms with Gasteiger partial charge in [-0.1, -0.05) is 58.4 Å². The first-order chi connectivity index (χ1) is 14.4. The molecule has 9 unspecified atom stereocenters. The highest BCUT2D eigenvalue weighted by Gasteiger charge is 2.66. The number of aliphatic hydroxyl groups is 2. The van der Waals surface area contributed by atoms with Crippen LogP contribution < -0.4 is 0 Å². The van der Waals surface area contributed by atoms with E-state index in [2.05, 4.69) is 27.4 Å². The van der Waals surface area contributed by atoms with E-state index >= 15 is 0 Å². The van der Waals surface area contributed by atoms with E-state index in [1.165, 1.54) is 6.92 Å². The second-order valence-electron chi connectivity index (χ2n) is 10.9. The van der Waals surface area contributed by atoms with E-state index in [4.69, 9.17) is 4.74 Å². The summed E-state index contributed by atoms with van der Waals surface area (Å²) >= 11 is 0.957. The lowest BCUT2D eigenvalue weighted by Crippen LogP contribution is -2.60. The maximum Gasteiger partial charge on any atom is 0.316 e. The van der Waals surface area contributed by atoms with Gasteiger partial charge in [0.25, 0.3) is 0 Å². The number of hydrogen-bond donors (Lipinski definition) is 2. The summed E-state index contributed by atoms with van der Waals surface area (Å²) in [5.41, 5.74) is -1.24. The lowest BCUT2D eigenvalue weighted by Gasteiger charge is -2.58. The van der Waals surface area contributed by atoms with E-state index in [0.29, 0.717) is 6.42 Å². The highest BCUT2D eigenvalue weighted by molar-refractivity contribution is 8.14. The van der Waals surface area contributed by atoms with Crippen LogP contribution in [0.4, 0.5) is 0 Å². The Morgan fingerprint density at radius 3 is 2.48 bits per heavy atom. The third-order valence-electron chi connectivity index (χ3n) is 9.43. The van der Waals surface area contributed by atoms with E-state index in [0.717, 1.165) is 43.9 Å². The number of carbonyl (C=O) groups excluding carboxylic acids is 2. The standard InChI is InChI=1S/C25H40O5S/c1-7-23(5)13-19(30-20(28)14-31-17(4)26)24(6)15(2)9-8-11-25(16(3)22(23)29)12-10-18(27)21(24)25/h7,15-16,18-19,21-22,27,29H,1,8-14H2,2-6H3. The Bertz CT molecular complexity index is 725. The minimum Gasteiger partial charge on any atom is -0.461 e. The fourth-order valence-electron chi connectivity index (χ4n) is 7.40. The van der Waals surface area contributed by atoms with Gasteiger partial charge in [0, 0.05) is 17.8 Å². The second-order valence-corrected chi connectivity index (χ2v) is 12.0. The molecular formula is C25H40O5S. The topological polar surface area (TPSA) is 83.8 Å². The first-order valence-corrected chi connectivity index (χ1v) is 12.7. The van der Waals surface area contributed by atoms with Crippen LogP contribution in [0, 0.1) is 34.0 Å². The van der Waals surface area contributed by atoms with Gasteiger partial charge in [0.05, 0.1) is 18.0 Å². The molecule has 3 rings (SSSR count). The minimum absolute atomic E-state index is 0.00666. The number of thioether (sulfide) groups is 1. The van der Waals surface area contributed by atoms with Crippen molar-refractivity contribution < 1.29 is 24.5 Å². The van der Waals surface area contributed by atoms with Crippen LogP contribution in [0.3, 0.4) is 0 Å². The summed E-state index contributed by atoms with van der Waals surface area (Å²) in [5, 5.41) is 22.7. The third-order valence-corrected chi connectivity index (χ3v) is 10.2. The zero-order chi connectivity index (χ0) is 23.2. The molecule has 3 saturated carbocycles. The molecule has 0 aromatic heterocycles. The predicted molar refractivity (Wildman–Crippen MR) is 123 cm³/mol. The number of ether oxygens (including phenoxy) is 1. The average Bonchev–Trinajstić information content (AvgIpc) is 3.00. The van der Waals surface area contributed by atoms with Gasteiger partial charge in [-0.2, -0.15) is 0 Å². The predicted octanol–water partition coefficient (Wildman–Crippen LogP) is 4.35. The van der Waals surface area contributed by atoms with Crippen LogP contribution in [0.1, 0.15) is 73.1 Å². The first-order valence-electron chi connectivity index (χ1n) is 11.7. The van der Waals surface area contributed by atoms with Gasteiger partial charge in [-0.25, -0.2) is 0 Å². The molecule has 0 aromatic carbocycles. The molecule has 0 aliphatic heterocycles. The van der Waals surface area contributed by atoms with Gasteiger partial charge in [0.2, 0.25) is 0 Å². The molecule has 6 heteroatoms. The molecule has 2 N–H and O–H groups in total. The fraction of sp³-hybridized carbons (Fsp3) is 0.840. The highest BCUT2D eigenvalue weighted by Crippen LogP contribution is 2.67. The van der Waals surface area contributed by atoms with Crippen molar-refractivity contribution in [1.82, 2.24) is 0 Å². The van der Waals surface area contributed by atoms with Crippen LogP contribution in [0.25, 0.3) is 0 Å². The zero-order valence-corrected chi connectivity index (χ0v) is 20.5. The number of esters is 1. The molecule has 176 valence electrons. The Labute approximate surface area is 191 Å². The maximum atomic E-state index is 12.8. The van der Waals surface area contributed by atoms with Crippen molar-refractivity contribution >= 4 is 22.8 Å². The summed E-state index contributed by atoms with van der Waals surface area (Å²) < 4.78 is 6.14. The molecule has 2 bridgehead atoms. The van der Waals surface area contributed by atoms with E-state index in [-0.39, 0.29) is 34.0 Å². The molecule has 0 amide bonds. The SMILES string of the molecule is C=CC1(C)CC(OC(=O)CSC(C)=O)C2(C)C(C)CCCC3(CCC(O)C32)C(C)C1O. The Kier molecular flexibility index (Phi) is 7.06. The van der Waals surface area contributed by atoms with E-state index in [1.807, 2.05) is 13.0 Å². The number of hydrogen-bond acceptors (Lipinski definition) is 6. The second kappa shape index (κ2) is 8.83. The van der Waals surface area contributed by atoms with Crippen LogP contribution in [-0.2, 0) is 14.3 Å². The molecule has 0 radical (unpaired) electrons. The number of aliphatic hydroxyl groups excluding tert-OH is 2. The first kappa shape index (κ1) is 24.8. The zero-order valence-electron chi connectivity index (χ0n) is 19.7. The summed E-state index contributed by atoms with van der Waals surface area (Å²) in [5.74, 6) is -0.211. The molecule has 3 fully saturated rings. The van der Waals surface area contributed by atoms with Gasteiger partial charge < -0.3 is 14.9 Å². The van der Waals surface area contributed by atoms with Gasteiger partial charge >= 0.3 is 5.97 Å². The van der Waals surface area contributed by atoms with Crippen LogP contribution in [0.5, 0.6) is 0 Å². The smallest absolute Gasteiger partial charge is 0.316 e. The largest absolute Gasteiger partial charge is 0.461 e. The summed E-state index contributed by atoms with van der Waals surface area (Å²) in [6.07, 6.45) is 5.32. The molecule has 5 nitrogen and oxygen atoms in total. The van der Waals surface area contributed by atoms with Crippen molar-refractivity contribution in [1.29, 1.82) is 0 Å². The quantitative estimate of drug-likeness (QED) is 0.487. The number of carbonyl (C=O) groups is 2. The van der Waals surface area contributed by atoms with E-state index in [1.54, 1.807) is 0 Å². The van der Waals surface area contributed by atoms with Gasteiger partial charge in [-0.05, 0) is 48.9 Å². The van der Waals surface area contributed by atoms with Gasteiger partial charge in [0.15, 0.2) is 5.12 Å². The van der Waals surface area contributed by atoms with Crippen molar-refractivity contribution in [3.63, 3.8) is 0 Å². The summed E-state index contributed by atoms with van der Waals surface area (Å²) in [6.45, 7) is 14.1. The minimum atomic E-state index is -0.636. The Hall–Kier alpha value is -0.850. The maximum absolute atomic E-state index is 12.8. The molecular weight excluding hydrogens is 412 g/mol. The van der Waals surface area contributed by atoms with Crippen molar-refractivity contribution in [3.05, 3.63) is 12.7 Å². The van der Waals surface area contributed by atoms with Gasteiger partial charge in [0.1, 0.15) is 6.10 Å². The van der Waals surface area contributed by atoms with Crippen LogP contribution in [-0.4, -0.2) is 45.4 Å². The fourth-order valence-corrected chi connectivity index (χ4v) is 7.79. The highest BCUT2D eigenvalue weighted by atomic mass is 32.2. The lowest BCUT2D eigenvalue weighted by atomic mass is 9.48. The van der Waals surface area contributed by atoms with Crippen LogP contribution in [0.15, 0.2) is 12.7 Å². The van der Waals surface area contributed by atoms with Crippen molar-refractivity contribution in [3.8, 4) is 0 Å². The average molecular weight is 453 g/mol. The van der Waals surface area contributed by atoms with Crippen molar-refractivity contribution in [2.24, 2.45) is 34.0 Å². The van der Waals surface area contributed by atoms with Crippen molar-refractivity contribution in [2.75, 3.05) is 5.75 Å². The molecule has 31 heavy (non-hydrogen) atoms. The van der Waals surface area contributed by atoms with Crippen molar-refractivity contribution in [2.45, 2.75) is 91.5 Å². The molecule has 3 aliphatic rings. The monoisotopic (exact) mass is 452 g/mol. The van der Waals surface area contributed by atoms with Crippen LogP contribution >= 0.6 is 11.8 Å². The normalized spacial score (nSPS) is 47.5. The Balaban J connectivity index is 2.13. The summed E-state index contributed by atoms with van der Waals surface area (Å²) in [6, 6.07) is 0.